The molecule has 86 valence electrons. The minimum Gasteiger partial charge on any atom is -0.397 e. The molecule has 0 bridgehead atoms. The molecular weight excluding hydrogens is 234 g/mol. The lowest BCUT2D eigenvalue weighted by molar-refractivity contribution is 1.45. The first kappa shape index (κ1) is 10.4. The lowest BCUT2D eigenvalue weighted by atomic mass is 10.0. The standard InChI is InChI=1S/C13H12ClN3/c1-7-4-10(13(14)17-7)8-2-3-9-11(15)6-16-12(9)5-8/h2-3,5-6,16H,4,15H2,1H3. The number of nitrogens with two attached hydrogens (primary N) is 1. The van der Waals surface area contributed by atoms with Gasteiger partial charge in [0, 0.05) is 34.8 Å². The second-order valence-electron chi connectivity index (χ2n) is 4.30. The van der Waals surface area contributed by atoms with Crippen molar-refractivity contribution >= 4 is 39.5 Å². The van der Waals surface area contributed by atoms with Gasteiger partial charge in [-0.15, -0.1) is 0 Å². The summed E-state index contributed by atoms with van der Waals surface area (Å²) >= 11 is 6.12. The molecule has 3 rings (SSSR count). The summed E-state index contributed by atoms with van der Waals surface area (Å²) in [6.07, 6.45) is 2.63. The van der Waals surface area contributed by atoms with Gasteiger partial charge in [0.25, 0.3) is 0 Å². The molecule has 2 heterocycles. The molecule has 0 radical (unpaired) electrons. The molecule has 17 heavy (non-hydrogen) atoms. The molecule has 4 heteroatoms. The molecule has 0 unspecified atom stereocenters. The molecule has 3 nitrogen and oxygen atoms in total. The number of anilines is 1. The van der Waals surface area contributed by atoms with Crippen molar-refractivity contribution in [3.8, 4) is 0 Å². The zero-order valence-electron chi connectivity index (χ0n) is 9.42. The Balaban J connectivity index is 2.11. The molecule has 1 aliphatic rings. The van der Waals surface area contributed by atoms with E-state index in [-0.39, 0.29) is 0 Å². The molecule has 0 saturated heterocycles. The first-order valence-electron chi connectivity index (χ1n) is 5.45. The van der Waals surface area contributed by atoms with Crippen LogP contribution in [0.5, 0.6) is 0 Å². The molecule has 0 saturated carbocycles. The van der Waals surface area contributed by atoms with Crippen molar-refractivity contribution in [2.45, 2.75) is 13.3 Å². The SMILES string of the molecule is CC1=NC(Cl)=C(c2ccc3c(N)c[nH]c3c2)C1. The Kier molecular flexibility index (Phi) is 2.23. The predicted molar refractivity (Wildman–Crippen MR) is 73.2 cm³/mol. The summed E-state index contributed by atoms with van der Waals surface area (Å²) in [5.41, 5.74) is 10.9. The zero-order chi connectivity index (χ0) is 12.0. The van der Waals surface area contributed by atoms with Gasteiger partial charge >= 0.3 is 0 Å². The van der Waals surface area contributed by atoms with Gasteiger partial charge in [0.15, 0.2) is 0 Å². The average molecular weight is 246 g/mol. The van der Waals surface area contributed by atoms with E-state index >= 15 is 0 Å². The van der Waals surface area contributed by atoms with Crippen LogP contribution in [0.3, 0.4) is 0 Å². The highest BCUT2D eigenvalue weighted by Crippen LogP contribution is 2.33. The molecule has 0 fully saturated rings. The molecule has 2 aromatic rings. The first-order chi connectivity index (χ1) is 8.15. The van der Waals surface area contributed by atoms with Crippen molar-refractivity contribution < 1.29 is 0 Å². The molecule has 3 N–H and O–H groups in total. The molecule has 1 aromatic heterocycles. The lowest BCUT2D eigenvalue weighted by Crippen LogP contribution is -1.88. The Labute approximate surface area is 104 Å². The molecule has 1 aromatic carbocycles. The van der Waals surface area contributed by atoms with E-state index in [4.69, 9.17) is 17.3 Å². The van der Waals surface area contributed by atoms with Crippen LogP contribution in [0.1, 0.15) is 18.9 Å². The van der Waals surface area contributed by atoms with Crippen LogP contribution in [0.25, 0.3) is 16.5 Å². The fourth-order valence-electron chi connectivity index (χ4n) is 2.16. The summed E-state index contributed by atoms with van der Waals surface area (Å²) in [7, 11) is 0. The minimum absolute atomic E-state index is 0.598. The highest BCUT2D eigenvalue weighted by Gasteiger charge is 2.15. The summed E-state index contributed by atoms with van der Waals surface area (Å²) < 4.78 is 0. The Bertz CT molecular complexity index is 664. The third-order valence-electron chi connectivity index (χ3n) is 3.03. The molecule has 0 atom stereocenters. The lowest BCUT2D eigenvalue weighted by Gasteiger charge is -2.03. The van der Waals surface area contributed by atoms with E-state index in [1.807, 2.05) is 19.1 Å². The summed E-state index contributed by atoms with van der Waals surface area (Å²) in [6, 6.07) is 6.12. The Morgan fingerprint density at radius 2 is 2.24 bits per heavy atom. The van der Waals surface area contributed by atoms with Crippen molar-refractivity contribution in [2.75, 3.05) is 5.73 Å². The normalized spacial score (nSPS) is 15.8. The third kappa shape index (κ3) is 1.63. The number of aliphatic imine (C=N–C) groups is 1. The second-order valence-corrected chi connectivity index (χ2v) is 4.66. The molecule has 1 aliphatic heterocycles. The van der Waals surface area contributed by atoms with E-state index < -0.39 is 0 Å². The zero-order valence-corrected chi connectivity index (χ0v) is 10.2. The van der Waals surface area contributed by atoms with Crippen LogP contribution in [-0.4, -0.2) is 10.7 Å². The van der Waals surface area contributed by atoms with Crippen LogP contribution in [0, 0.1) is 0 Å². The van der Waals surface area contributed by atoms with Gasteiger partial charge < -0.3 is 10.7 Å². The number of fused-ring (bicyclic) bond motifs is 1. The quantitative estimate of drug-likeness (QED) is 0.742. The van der Waals surface area contributed by atoms with Crippen molar-refractivity contribution in [3.05, 3.63) is 35.1 Å². The van der Waals surface area contributed by atoms with Gasteiger partial charge in [-0.25, -0.2) is 4.99 Å². The first-order valence-corrected chi connectivity index (χ1v) is 5.83. The average Bonchev–Trinajstić information content (AvgIpc) is 2.82. The number of rotatable bonds is 1. The van der Waals surface area contributed by atoms with E-state index in [1.54, 1.807) is 6.20 Å². The Morgan fingerprint density at radius 1 is 1.41 bits per heavy atom. The largest absolute Gasteiger partial charge is 0.397 e. The number of H-pyrrole nitrogens is 1. The Morgan fingerprint density at radius 3 is 2.94 bits per heavy atom. The molecule has 0 spiro atoms. The number of benzene rings is 1. The van der Waals surface area contributed by atoms with Crippen LogP contribution < -0.4 is 5.73 Å². The van der Waals surface area contributed by atoms with Crippen LogP contribution in [0.15, 0.2) is 34.5 Å². The maximum Gasteiger partial charge on any atom is 0.133 e. The summed E-state index contributed by atoms with van der Waals surface area (Å²) in [6.45, 7) is 1.99. The smallest absolute Gasteiger partial charge is 0.133 e. The van der Waals surface area contributed by atoms with Crippen LogP contribution in [0.4, 0.5) is 5.69 Å². The number of halogens is 1. The van der Waals surface area contributed by atoms with E-state index in [2.05, 4.69) is 16.0 Å². The van der Waals surface area contributed by atoms with Crippen molar-refractivity contribution in [3.63, 3.8) is 0 Å². The third-order valence-corrected chi connectivity index (χ3v) is 3.35. The van der Waals surface area contributed by atoms with Gasteiger partial charge in [-0.3, -0.25) is 0 Å². The predicted octanol–water partition coefficient (Wildman–Crippen LogP) is 3.52. The number of aromatic nitrogens is 1. The van der Waals surface area contributed by atoms with Gasteiger partial charge in [-0.2, -0.15) is 0 Å². The fourth-order valence-corrected chi connectivity index (χ4v) is 2.48. The molecule has 0 amide bonds. The van der Waals surface area contributed by atoms with Crippen LogP contribution >= 0.6 is 11.6 Å². The van der Waals surface area contributed by atoms with Crippen LogP contribution in [-0.2, 0) is 0 Å². The monoisotopic (exact) mass is 245 g/mol. The number of hydrogen-bond acceptors (Lipinski definition) is 2. The van der Waals surface area contributed by atoms with Crippen molar-refractivity contribution in [1.29, 1.82) is 0 Å². The van der Waals surface area contributed by atoms with Crippen molar-refractivity contribution in [1.82, 2.24) is 4.98 Å². The molecule has 0 aliphatic carbocycles. The number of nitrogens with zero attached hydrogens (tertiary/aromatic N) is 1. The van der Waals surface area contributed by atoms with Gasteiger partial charge in [-0.1, -0.05) is 23.7 Å². The molecular formula is C13H12ClN3. The topological polar surface area (TPSA) is 54.2 Å². The van der Waals surface area contributed by atoms with Crippen molar-refractivity contribution in [2.24, 2.45) is 4.99 Å². The summed E-state index contributed by atoms with van der Waals surface area (Å²) in [4.78, 5) is 7.41. The number of nitrogen functional groups attached to an aromatic ring is 1. The van der Waals surface area contributed by atoms with E-state index in [1.165, 1.54) is 0 Å². The Hall–Kier alpha value is -1.74. The second kappa shape index (κ2) is 3.64. The minimum atomic E-state index is 0.598. The van der Waals surface area contributed by atoms with E-state index in [0.29, 0.717) is 5.16 Å². The number of aromatic amines is 1. The van der Waals surface area contributed by atoms with E-state index in [9.17, 15) is 0 Å². The summed E-state index contributed by atoms with van der Waals surface area (Å²) in [5, 5.41) is 1.64. The fraction of sp³-hybridized carbons (Fsp3) is 0.154. The number of allylic oxidation sites excluding steroid dienone is 1. The highest BCUT2D eigenvalue weighted by molar-refractivity contribution is 6.35. The highest BCUT2D eigenvalue weighted by atomic mass is 35.5. The van der Waals surface area contributed by atoms with Crippen LogP contribution in [0.2, 0.25) is 0 Å². The van der Waals surface area contributed by atoms with E-state index in [0.717, 1.165) is 39.9 Å². The van der Waals surface area contributed by atoms with Gasteiger partial charge in [-0.05, 0) is 18.6 Å². The maximum atomic E-state index is 6.12. The number of hydrogen-bond donors (Lipinski definition) is 2. The summed E-state index contributed by atoms with van der Waals surface area (Å²) in [5.74, 6) is 0. The van der Waals surface area contributed by atoms with Gasteiger partial charge in [0.1, 0.15) is 5.16 Å². The maximum absolute atomic E-state index is 6.12. The van der Waals surface area contributed by atoms with Gasteiger partial charge in [0.05, 0.1) is 5.69 Å². The number of nitrogens with one attached hydrogen (secondary N) is 1. The van der Waals surface area contributed by atoms with Gasteiger partial charge in [0.2, 0.25) is 0 Å².